The van der Waals surface area contributed by atoms with E-state index in [-0.39, 0.29) is 16.4 Å². The number of nitro groups is 1. The van der Waals surface area contributed by atoms with Crippen LogP contribution < -0.4 is 10.5 Å². The van der Waals surface area contributed by atoms with Gasteiger partial charge in [-0.15, -0.1) is 11.3 Å². The lowest BCUT2D eigenvalue weighted by Crippen LogP contribution is -2.11. The van der Waals surface area contributed by atoms with Crippen molar-refractivity contribution in [3.05, 3.63) is 51.1 Å². The van der Waals surface area contributed by atoms with Crippen LogP contribution in [0, 0.1) is 15.9 Å². The van der Waals surface area contributed by atoms with E-state index in [9.17, 15) is 22.9 Å². The smallest absolute Gasteiger partial charge is 0.304 e. The number of benzene rings is 1. The lowest BCUT2D eigenvalue weighted by molar-refractivity contribution is -0.387. The van der Waals surface area contributed by atoms with Gasteiger partial charge in [0, 0.05) is 23.6 Å². The summed E-state index contributed by atoms with van der Waals surface area (Å²) in [5, 5.41) is 10.5. The summed E-state index contributed by atoms with van der Waals surface area (Å²) in [6, 6.07) is 5.74. The first-order valence-electron chi connectivity index (χ1n) is 5.59. The van der Waals surface area contributed by atoms with E-state index in [2.05, 4.69) is 4.72 Å². The van der Waals surface area contributed by atoms with E-state index in [1.54, 1.807) is 6.07 Å². The van der Waals surface area contributed by atoms with Crippen LogP contribution in [0.25, 0.3) is 0 Å². The lowest BCUT2D eigenvalue weighted by atomic mass is 10.3. The Kier molecular flexibility index (Phi) is 4.21. The monoisotopic (exact) mass is 331 g/mol. The van der Waals surface area contributed by atoms with Crippen molar-refractivity contribution in [3.63, 3.8) is 0 Å². The molecule has 2 aromatic rings. The summed E-state index contributed by atoms with van der Waals surface area (Å²) in [5.41, 5.74) is 4.59. The minimum absolute atomic E-state index is 0.0294. The zero-order valence-electron chi connectivity index (χ0n) is 10.4. The Morgan fingerprint density at radius 2 is 2.05 bits per heavy atom. The third kappa shape index (κ3) is 3.35. The van der Waals surface area contributed by atoms with Crippen molar-refractivity contribution < 1.29 is 17.7 Å². The molecule has 0 bridgehead atoms. The van der Waals surface area contributed by atoms with Gasteiger partial charge in [-0.05, 0) is 18.2 Å². The van der Waals surface area contributed by atoms with Crippen molar-refractivity contribution in [2.45, 2.75) is 10.8 Å². The number of rotatable bonds is 5. The standard InChI is InChI=1S/C11H10FN3O4S2/c12-9-5-7(1-3-10(9)15(16)17)14-21(18,19)11-4-2-8(6-13)20-11/h1-5,14H,6,13H2. The molecule has 1 heterocycles. The van der Waals surface area contributed by atoms with E-state index in [4.69, 9.17) is 5.73 Å². The van der Waals surface area contributed by atoms with Crippen molar-refractivity contribution in [2.24, 2.45) is 5.73 Å². The molecule has 1 aromatic heterocycles. The van der Waals surface area contributed by atoms with Gasteiger partial charge in [0.1, 0.15) is 4.21 Å². The Balaban J connectivity index is 2.28. The predicted molar refractivity (Wildman–Crippen MR) is 76.1 cm³/mol. The molecule has 0 spiro atoms. The van der Waals surface area contributed by atoms with E-state index in [0.717, 1.165) is 29.5 Å². The van der Waals surface area contributed by atoms with Crippen LogP contribution in [0.3, 0.4) is 0 Å². The number of halogens is 1. The molecule has 0 saturated carbocycles. The molecule has 0 fully saturated rings. The third-order valence-electron chi connectivity index (χ3n) is 2.50. The minimum Gasteiger partial charge on any atom is -0.326 e. The van der Waals surface area contributed by atoms with Gasteiger partial charge in [-0.2, -0.15) is 4.39 Å². The average molecular weight is 331 g/mol. The molecule has 0 amide bonds. The highest BCUT2D eigenvalue weighted by atomic mass is 32.2. The maximum atomic E-state index is 13.4. The van der Waals surface area contributed by atoms with Crippen LogP contribution in [0.4, 0.5) is 15.8 Å². The lowest BCUT2D eigenvalue weighted by Gasteiger charge is -2.06. The molecular formula is C11H10FN3O4S2. The topological polar surface area (TPSA) is 115 Å². The number of hydrogen-bond donors (Lipinski definition) is 2. The van der Waals surface area contributed by atoms with E-state index in [1.165, 1.54) is 6.07 Å². The van der Waals surface area contributed by atoms with Gasteiger partial charge in [-0.25, -0.2) is 8.42 Å². The Morgan fingerprint density at radius 1 is 1.33 bits per heavy atom. The first-order chi connectivity index (χ1) is 9.83. The summed E-state index contributed by atoms with van der Waals surface area (Å²) < 4.78 is 39.8. The van der Waals surface area contributed by atoms with Gasteiger partial charge >= 0.3 is 5.69 Å². The second kappa shape index (κ2) is 5.76. The number of nitrogens with zero attached hydrogens (tertiary/aromatic N) is 1. The van der Waals surface area contributed by atoms with Crippen molar-refractivity contribution >= 4 is 32.7 Å². The largest absolute Gasteiger partial charge is 0.326 e. The van der Waals surface area contributed by atoms with Crippen LogP contribution in [-0.2, 0) is 16.6 Å². The molecule has 0 saturated heterocycles. The normalized spacial score (nSPS) is 11.3. The van der Waals surface area contributed by atoms with Gasteiger partial charge in [0.05, 0.1) is 10.6 Å². The number of hydrogen-bond acceptors (Lipinski definition) is 6. The van der Waals surface area contributed by atoms with Gasteiger partial charge in [0.25, 0.3) is 10.0 Å². The van der Waals surface area contributed by atoms with Crippen LogP contribution in [0.5, 0.6) is 0 Å². The fraction of sp³-hybridized carbons (Fsp3) is 0.0909. The van der Waals surface area contributed by atoms with Crippen molar-refractivity contribution in [1.82, 2.24) is 0 Å². The molecule has 3 N–H and O–H groups in total. The maximum absolute atomic E-state index is 13.4. The highest BCUT2D eigenvalue weighted by Crippen LogP contribution is 2.26. The summed E-state index contributed by atoms with van der Waals surface area (Å²) in [6.45, 7) is 0.215. The second-order valence-electron chi connectivity index (χ2n) is 3.95. The van der Waals surface area contributed by atoms with Crippen molar-refractivity contribution in [1.29, 1.82) is 0 Å². The molecule has 0 unspecified atom stereocenters. The highest BCUT2D eigenvalue weighted by Gasteiger charge is 2.19. The molecule has 112 valence electrons. The number of sulfonamides is 1. The van der Waals surface area contributed by atoms with Gasteiger partial charge in [-0.3, -0.25) is 14.8 Å². The fourth-order valence-electron chi connectivity index (χ4n) is 1.54. The molecule has 2 rings (SSSR count). The molecular weight excluding hydrogens is 321 g/mol. The minimum atomic E-state index is -3.88. The van der Waals surface area contributed by atoms with Crippen LogP contribution in [-0.4, -0.2) is 13.3 Å². The molecule has 7 nitrogen and oxygen atoms in total. The third-order valence-corrected chi connectivity index (χ3v) is 5.48. The quantitative estimate of drug-likeness (QED) is 0.642. The van der Waals surface area contributed by atoms with Crippen LogP contribution in [0.2, 0.25) is 0 Å². The van der Waals surface area contributed by atoms with Crippen LogP contribution in [0.15, 0.2) is 34.5 Å². The fourth-order valence-corrected chi connectivity index (χ4v) is 3.82. The zero-order valence-corrected chi connectivity index (χ0v) is 12.1. The van der Waals surface area contributed by atoms with Crippen molar-refractivity contribution in [3.8, 4) is 0 Å². The first kappa shape index (κ1) is 15.4. The van der Waals surface area contributed by atoms with E-state index in [1.807, 2.05) is 0 Å². The van der Waals surface area contributed by atoms with Crippen LogP contribution in [0.1, 0.15) is 4.88 Å². The molecule has 1 aromatic carbocycles. The van der Waals surface area contributed by atoms with Gasteiger partial charge in [0.15, 0.2) is 0 Å². The number of nitrogens with two attached hydrogens (primary N) is 1. The molecule has 0 radical (unpaired) electrons. The zero-order chi connectivity index (χ0) is 15.6. The Bertz CT molecular complexity index is 789. The average Bonchev–Trinajstić information content (AvgIpc) is 2.87. The Labute approximate surface area is 123 Å². The number of anilines is 1. The second-order valence-corrected chi connectivity index (χ2v) is 7.03. The van der Waals surface area contributed by atoms with E-state index < -0.39 is 26.5 Å². The van der Waals surface area contributed by atoms with Gasteiger partial charge in [0.2, 0.25) is 5.82 Å². The number of nitrogens with one attached hydrogen (secondary N) is 1. The molecule has 21 heavy (non-hydrogen) atoms. The van der Waals surface area contributed by atoms with Crippen LogP contribution >= 0.6 is 11.3 Å². The first-order valence-corrected chi connectivity index (χ1v) is 7.89. The summed E-state index contributed by atoms with van der Waals surface area (Å²) in [6.07, 6.45) is 0. The molecule has 0 atom stereocenters. The summed E-state index contributed by atoms with van der Waals surface area (Å²) in [5.74, 6) is -1.12. The number of nitro benzene ring substituents is 1. The predicted octanol–water partition coefficient (Wildman–Crippen LogP) is 2.05. The Hall–Kier alpha value is -2.04. The maximum Gasteiger partial charge on any atom is 0.304 e. The summed E-state index contributed by atoms with van der Waals surface area (Å²) in [4.78, 5) is 10.3. The summed E-state index contributed by atoms with van der Waals surface area (Å²) in [7, 11) is -3.88. The van der Waals surface area contributed by atoms with E-state index in [0.29, 0.717) is 4.88 Å². The van der Waals surface area contributed by atoms with Gasteiger partial charge < -0.3 is 5.73 Å². The molecule has 10 heteroatoms. The highest BCUT2D eigenvalue weighted by molar-refractivity contribution is 7.94. The molecule has 0 aliphatic carbocycles. The Morgan fingerprint density at radius 3 is 2.57 bits per heavy atom. The molecule has 0 aliphatic heterocycles. The molecule has 0 aliphatic rings. The van der Waals surface area contributed by atoms with Gasteiger partial charge in [-0.1, -0.05) is 0 Å². The number of thiophene rings is 1. The SMILES string of the molecule is NCc1ccc(S(=O)(=O)Nc2ccc([N+](=O)[O-])c(F)c2)s1. The summed E-state index contributed by atoms with van der Waals surface area (Å²) >= 11 is 0.994. The van der Waals surface area contributed by atoms with Crippen molar-refractivity contribution in [2.75, 3.05) is 4.72 Å². The van der Waals surface area contributed by atoms with E-state index >= 15 is 0 Å².